The van der Waals surface area contributed by atoms with Crippen molar-refractivity contribution in [1.82, 2.24) is 4.90 Å². The lowest BCUT2D eigenvalue weighted by Gasteiger charge is -2.43. The van der Waals surface area contributed by atoms with Gasteiger partial charge in [0.15, 0.2) is 0 Å². The molecular weight excluding hydrogens is 174 g/mol. The van der Waals surface area contributed by atoms with E-state index in [1.807, 2.05) is 0 Å². The fourth-order valence-corrected chi connectivity index (χ4v) is 2.99. The van der Waals surface area contributed by atoms with Gasteiger partial charge in [0.25, 0.3) is 0 Å². The van der Waals surface area contributed by atoms with Crippen molar-refractivity contribution in [2.45, 2.75) is 45.6 Å². The lowest BCUT2D eigenvalue weighted by Crippen LogP contribution is -2.42. The van der Waals surface area contributed by atoms with Gasteiger partial charge < -0.3 is 5.11 Å². The van der Waals surface area contributed by atoms with Crippen LogP contribution in [0.2, 0.25) is 0 Å². The van der Waals surface area contributed by atoms with Gasteiger partial charge in [-0.3, -0.25) is 4.90 Å². The Bertz CT molecular complexity index is 215. The summed E-state index contributed by atoms with van der Waals surface area (Å²) in [6, 6.07) is 0. The molecule has 1 atom stereocenters. The average Bonchev–Trinajstić information content (AvgIpc) is 2.40. The summed E-state index contributed by atoms with van der Waals surface area (Å²) in [6.45, 7) is 9.52. The van der Waals surface area contributed by atoms with Crippen LogP contribution in [0.4, 0.5) is 0 Å². The van der Waals surface area contributed by atoms with Gasteiger partial charge in [0.05, 0.1) is 0 Å². The summed E-state index contributed by atoms with van der Waals surface area (Å²) in [5, 5.41) is 9.42. The summed E-state index contributed by atoms with van der Waals surface area (Å²) >= 11 is 0. The molecule has 2 nitrogen and oxygen atoms in total. The third kappa shape index (κ3) is 1.49. The lowest BCUT2D eigenvalue weighted by atomic mass is 9.63. The second-order valence-electron chi connectivity index (χ2n) is 6.15. The molecule has 0 aromatic rings. The van der Waals surface area contributed by atoms with Crippen LogP contribution in [-0.4, -0.2) is 35.2 Å². The van der Waals surface area contributed by atoms with Crippen molar-refractivity contribution in [2.75, 3.05) is 19.7 Å². The monoisotopic (exact) mass is 197 g/mol. The number of likely N-dealkylation sites (tertiary alicyclic amines) is 1. The van der Waals surface area contributed by atoms with Crippen LogP contribution in [0.5, 0.6) is 0 Å². The summed E-state index contributed by atoms with van der Waals surface area (Å²) in [4.78, 5) is 2.55. The molecule has 2 heteroatoms. The highest BCUT2D eigenvalue weighted by Gasteiger charge is 2.51. The lowest BCUT2D eigenvalue weighted by molar-refractivity contribution is 0.0502. The number of rotatable bonds is 1. The highest BCUT2D eigenvalue weighted by atomic mass is 16.3. The third-order valence-corrected chi connectivity index (χ3v) is 4.33. The van der Waals surface area contributed by atoms with E-state index in [1.165, 1.54) is 25.8 Å². The van der Waals surface area contributed by atoms with Crippen LogP contribution in [0.3, 0.4) is 0 Å². The van der Waals surface area contributed by atoms with E-state index in [9.17, 15) is 5.11 Å². The summed E-state index contributed by atoms with van der Waals surface area (Å²) in [5.74, 6) is 0.537. The van der Waals surface area contributed by atoms with Gasteiger partial charge in [0.1, 0.15) is 0 Å². The van der Waals surface area contributed by atoms with E-state index in [0.717, 1.165) is 6.54 Å². The zero-order chi connectivity index (χ0) is 10.4. The van der Waals surface area contributed by atoms with Crippen LogP contribution >= 0.6 is 0 Å². The molecule has 1 aliphatic heterocycles. The minimum absolute atomic E-state index is 0.270. The molecule has 1 N–H and O–H groups in total. The molecular formula is C12H23NO. The molecule has 2 aliphatic rings. The number of hydrogen-bond donors (Lipinski definition) is 1. The van der Waals surface area contributed by atoms with E-state index in [0.29, 0.717) is 17.9 Å². The maximum Gasteiger partial charge on any atom is 0.0477 e. The summed E-state index contributed by atoms with van der Waals surface area (Å²) < 4.78 is 0. The fourth-order valence-electron chi connectivity index (χ4n) is 2.99. The fraction of sp³-hybridized carbons (Fsp3) is 1.00. The molecule has 1 spiro atoms. The third-order valence-electron chi connectivity index (χ3n) is 4.33. The second-order valence-corrected chi connectivity index (χ2v) is 6.15. The highest BCUT2D eigenvalue weighted by molar-refractivity contribution is 5.03. The van der Waals surface area contributed by atoms with Crippen molar-refractivity contribution in [2.24, 2.45) is 11.3 Å². The molecule has 1 unspecified atom stereocenters. The zero-order valence-electron chi connectivity index (χ0n) is 9.71. The zero-order valence-corrected chi connectivity index (χ0v) is 9.71. The molecule has 1 saturated heterocycles. The van der Waals surface area contributed by atoms with Crippen molar-refractivity contribution >= 4 is 0 Å². The van der Waals surface area contributed by atoms with Crippen LogP contribution in [0.1, 0.15) is 40.0 Å². The first-order chi connectivity index (χ1) is 6.48. The number of aliphatic hydroxyl groups excluding tert-OH is 1. The SMILES string of the molecule is CC(C)(C)N1CC(CO)C2(CCC2)C1. The molecule has 0 aromatic carbocycles. The van der Waals surface area contributed by atoms with E-state index < -0.39 is 0 Å². The molecule has 1 saturated carbocycles. The minimum Gasteiger partial charge on any atom is -0.396 e. The van der Waals surface area contributed by atoms with Crippen molar-refractivity contribution in [3.05, 3.63) is 0 Å². The Hall–Kier alpha value is -0.0800. The summed E-state index contributed by atoms with van der Waals surface area (Å²) in [6.07, 6.45) is 4.05. The quantitative estimate of drug-likeness (QED) is 0.694. The van der Waals surface area contributed by atoms with Crippen LogP contribution in [0, 0.1) is 11.3 Å². The minimum atomic E-state index is 0.270. The molecule has 1 aliphatic carbocycles. The number of aliphatic hydroxyl groups is 1. The number of nitrogens with zero attached hydrogens (tertiary/aromatic N) is 1. The Morgan fingerprint density at radius 3 is 2.29 bits per heavy atom. The van der Waals surface area contributed by atoms with Crippen LogP contribution in [0.15, 0.2) is 0 Å². The molecule has 14 heavy (non-hydrogen) atoms. The largest absolute Gasteiger partial charge is 0.396 e. The Morgan fingerprint density at radius 2 is 2.00 bits per heavy atom. The Morgan fingerprint density at radius 1 is 1.36 bits per heavy atom. The van der Waals surface area contributed by atoms with Gasteiger partial charge >= 0.3 is 0 Å². The Balaban J connectivity index is 2.08. The van der Waals surface area contributed by atoms with Crippen molar-refractivity contribution in [3.63, 3.8) is 0 Å². The standard InChI is InChI=1S/C12H23NO/c1-11(2,3)13-7-10(8-14)12(9-13)5-4-6-12/h10,14H,4-9H2,1-3H3. The maximum atomic E-state index is 9.42. The molecule has 0 radical (unpaired) electrons. The van der Waals surface area contributed by atoms with Gasteiger partial charge in [-0.2, -0.15) is 0 Å². The molecule has 1 heterocycles. The van der Waals surface area contributed by atoms with E-state index in [2.05, 4.69) is 25.7 Å². The molecule has 0 bridgehead atoms. The van der Waals surface area contributed by atoms with E-state index in [1.54, 1.807) is 0 Å². The predicted octanol–water partition coefficient (Wildman–Crippen LogP) is 1.88. The second kappa shape index (κ2) is 3.21. The smallest absolute Gasteiger partial charge is 0.0477 e. The first kappa shape index (κ1) is 10.4. The first-order valence-electron chi connectivity index (χ1n) is 5.84. The van der Waals surface area contributed by atoms with Gasteiger partial charge in [0, 0.05) is 31.2 Å². The van der Waals surface area contributed by atoms with Gasteiger partial charge in [-0.25, -0.2) is 0 Å². The topological polar surface area (TPSA) is 23.5 Å². The van der Waals surface area contributed by atoms with Crippen LogP contribution in [0.25, 0.3) is 0 Å². The highest BCUT2D eigenvalue weighted by Crippen LogP contribution is 2.52. The summed E-state index contributed by atoms with van der Waals surface area (Å²) in [5.41, 5.74) is 0.758. The number of hydrogen-bond acceptors (Lipinski definition) is 2. The molecule has 2 fully saturated rings. The van der Waals surface area contributed by atoms with Gasteiger partial charge in [0.2, 0.25) is 0 Å². The summed E-state index contributed by atoms with van der Waals surface area (Å²) in [7, 11) is 0. The maximum absolute atomic E-state index is 9.42. The van der Waals surface area contributed by atoms with Crippen LogP contribution < -0.4 is 0 Å². The molecule has 0 aromatic heterocycles. The Labute approximate surface area is 87.3 Å². The van der Waals surface area contributed by atoms with E-state index in [4.69, 9.17) is 0 Å². The molecule has 2 rings (SSSR count). The van der Waals surface area contributed by atoms with Crippen LogP contribution in [-0.2, 0) is 0 Å². The predicted molar refractivity (Wildman–Crippen MR) is 58.2 cm³/mol. The average molecular weight is 197 g/mol. The molecule has 82 valence electrons. The van der Waals surface area contributed by atoms with Gasteiger partial charge in [-0.15, -0.1) is 0 Å². The van der Waals surface area contributed by atoms with E-state index >= 15 is 0 Å². The van der Waals surface area contributed by atoms with Gasteiger partial charge in [-0.1, -0.05) is 6.42 Å². The molecule has 0 amide bonds. The van der Waals surface area contributed by atoms with Gasteiger partial charge in [-0.05, 0) is 39.0 Å². The Kier molecular flexibility index (Phi) is 2.39. The van der Waals surface area contributed by atoms with Crippen molar-refractivity contribution < 1.29 is 5.11 Å². The van der Waals surface area contributed by atoms with Crippen molar-refractivity contribution in [1.29, 1.82) is 0 Å². The first-order valence-corrected chi connectivity index (χ1v) is 5.84. The normalized spacial score (nSPS) is 32.1. The van der Waals surface area contributed by atoms with E-state index in [-0.39, 0.29) is 5.54 Å². The van der Waals surface area contributed by atoms with Crippen molar-refractivity contribution in [3.8, 4) is 0 Å².